The number of carboxylic acid groups (broad SMARTS) is 1. The van der Waals surface area contributed by atoms with Gasteiger partial charge in [-0.15, -0.1) is 0 Å². The maximum atomic E-state index is 11.5. The average molecular weight is 294 g/mol. The molecule has 0 aliphatic rings. The second-order valence-electron chi connectivity index (χ2n) is 4.91. The third kappa shape index (κ3) is 7.78. The van der Waals surface area contributed by atoms with E-state index in [-0.39, 0.29) is 18.2 Å². The Hall–Kier alpha value is -1.15. The molecular weight excluding hydrogens is 272 g/mol. The molecular formula is C11H22N2O5S. The van der Waals surface area contributed by atoms with Gasteiger partial charge in [-0.05, 0) is 12.3 Å². The summed E-state index contributed by atoms with van der Waals surface area (Å²) in [6.45, 7) is 4.94. The molecule has 0 rings (SSSR count). The molecule has 0 aliphatic carbocycles. The zero-order chi connectivity index (χ0) is 15.2. The van der Waals surface area contributed by atoms with Crippen molar-refractivity contribution < 1.29 is 23.1 Å². The monoisotopic (exact) mass is 294 g/mol. The van der Waals surface area contributed by atoms with Gasteiger partial charge in [-0.2, -0.15) is 0 Å². The van der Waals surface area contributed by atoms with Gasteiger partial charge in [0.05, 0.1) is 5.75 Å². The number of hydrogen-bond donors (Lipinski definition) is 2. The van der Waals surface area contributed by atoms with E-state index in [1.54, 1.807) is 0 Å². The topological polar surface area (TPSA) is 104 Å². The lowest BCUT2D eigenvalue weighted by molar-refractivity contribution is -0.153. The molecule has 7 nitrogen and oxygen atoms in total. The summed E-state index contributed by atoms with van der Waals surface area (Å²) < 4.78 is 22.0. The number of sulfone groups is 1. The van der Waals surface area contributed by atoms with Gasteiger partial charge in [0.25, 0.3) is 0 Å². The molecule has 0 aliphatic heterocycles. The second-order valence-corrected chi connectivity index (χ2v) is 7.17. The first-order valence-corrected chi connectivity index (χ1v) is 8.04. The highest BCUT2D eigenvalue weighted by atomic mass is 32.2. The van der Waals surface area contributed by atoms with Crippen LogP contribution in [-0.2, 0) is 19.4 Å². The average Bonchev–Trinajstić information content (AvgIpc) is 2.19. The van der Waals surface area contributed by atoms with Crippen molar-refractivity contribution in [1.29, 1.82) is 0 Å². The maximum Gasteiger partial charge on any atom is 0.328 e. The Labute approximate surface area is 113 Å². The minimum absolute atomic E-state index is 0.000286. The van der Waals surface area contributed by atoms with Crippen molar-refractivity contribution >= 4 is 21.7 Å². The maximum absolute atomic E-state index is 11.5. The molecule has 0 heterocycles. The Morgan fingerprint density at radius 2 is 1.84 bits per heavy atom. The number of carboxylic acids is 1. The number of hydrogen-bond acceptors (Lipinski definition) is 5. The molecule has 8 heteroatoms. The number of aliphatic carboxylic acids is 1. The first kappa shape index (κ1) is 17.8. The fraction of sp³-hybridized carbons (Fsp3) is 0.818. The van der Waals surface area contributed by atoms with E-state index in [1.807, 2.05) is 13.8 Å². The van der Waals surface area contributed by atoms with E-state index < -0.39 is 27.8 Å². The highest BCUT2D eigenvalue weighted by Gasteiger charge is 2.28. The molecule has 0 radical (unpaired) electrons. The molecule has 1 amide bonds. The van der Waals surface area contributed by atoms with Crippen molar-refractivity contribution in [3.63, 3.8) is 0 Å². The molecule has 0 spiro atoms. The third-order valence-electron chi connectivity index (χ3n) is 2.39. The van der Waals surface area contributed by atoms with Crippen LogP contribution in [-0.4, -0.2) is 55.0 Å². The van der Waals surface area contributed by atoms with E-state index in [0.29, 0.717) is 6.42 Å². The summed E-state index contributed by atoms with van der Waals surface area (Å²) in [5.41, 5.74) is 2.59. The minimum Gasteiger partial charge on any atom is -0.480 e. The number of carbonyl (C=O) groups excluding carboxylic acids is 1. The van der Waals surface area contributed by atoms with Gasteiger partial charge in [0.2, 0.25) is 5.91 Å². The van der Waals surface area contributed by atoms with E-state index in [4.69, 9.17) is 5.11 Å². The Morgan fingerprint density at radius 1 is 1.32 bits per heavy atom. The smallest absolute Gasteiger partial charge is 0.328 e. The minimum atomic E-state index is -3.16. The summed E-state index contributed by atoms with van der Waals surface area (Å²) in [5.74, 6) is -1.64. The van der Waals surface area contributed by atoms with Crippen LogP contribution in [0.5, 0.6) is 0 Å². The largest absolute Gasteiger partial charge is 0.480 e. The number of amides is 1. The fourth-order valence-corrected chi connectivity index (χ4v) is 2.02. The van der Waals surface area contributed by atoms with E-state index in [2.05, 4.69) is 5.43 Å². The van der Waals surface area contributed by atoms with Crippen molar-refractivity contribution in [2.45, 2.75) is 33.2 Å². The highest BCUT2D eigenvalue weighted by molar-refractivity contribution is 7.90. The van der Waals surface area contributed by atoms with Gasteiger partial charge in [-0.3, -0.25) is 9.80 Å². The Morgan fingerprint density at radius 3 is 2.16 bits per heavy atom. The van der Waals surface area contributed by atoms with Gasteiger partial charge in [0, 0.05) is 19.7 Å². The number of nitrogens with one attached hydrogen (secondary N) is 1. The van der Waals surface area contributed by atoms with Gasteiger partial charge in [0.15, 0.2) is 0 Å². The SMILES string of the molecule is CC(=O)N(NCCS(C)(=O)=O)[C@@H](CC(C)C)C(=O)O. The summed E-state index contributed by atoms with van der Waals surface area (Å²) in [6.07, 6.45) is 1.37. The van der Waals surface area contributed by atoms with Crippen LogP contribution in [0.25, 0.3) is 0 Å². The number of carbonyl (C=O) groups is 2. The fourth-order valence-electron chi connectivity index (χ4n) is 1.56. The molecule has 0 aromatic heterocycles. The van der Waals surface area contributed by atoms with Gasteiger partial charge < -0.3 is 5.11 Å². The van der Waals surface area contributed by atoms with Crippen LogP contribution in [0, 0.1) is 5.92 Å². The first-order chi connectivity index (χ1) is 8.54. The van der Waals surface area contributed by atoms with Crippen LogP contribution < -0.4 is 5.43 Å². The summed E-state index contributed by atoms with van der Waals surface area (Å²) in [5, 5.41) is 10.1. The number of nitrogens with zero attached hydrogens (tertiary/aromatic N) is 1. The Kier molecular flexibility index (Phi) is 6.99. The molecule has 0 aromatic rings. The van der Waals surface area contributed by atoms with Crippen molar-refractivity contribution in [1.82, 2.24) is 10.4 Å². The molecule has 0 fully saturated rings. The van der Waals surface area contributed by atoms with Gasteiger partial charge in [-0.25, -0.2) is 18.6 Å². The molecule has 0 unspecified atom stereocenters. The zero-order valence-corrected chi connectivity index (χ0v) is 12.5. The van der Waals surface area contributed by atoms with E-state index in [0.717, 1.165) is 11.3 Å². The molecule has 0 saturated carbocycles. The predicted octanol–water partition coefficient (Wildman–Crippen LogP) is -0.117. The molecule has 0 saturated heterocycles. The summed E-state index contributed by atoms with van der Waals surface area (Å²) >= 11 is 0. The Bertz CT molecular complexity index is 419. The quantitative estimate of drug-likeness (QED) is 0.605. The molecule has 0 aromatic carbocycles. The lowest BCUT2D eigenvalue weighted by Crippen LogP contribution is -2.53. The highest BCUT2D eigenvalue weighted by Crippen LogP contribution is 2.10. The van der Waals surface area contributed by atoms with Gasteiger partial charge in [0.1, 0.15) is 15.9 Å². The molecule has 1 atom stereocenters. The van der Waals surface area contributed by atoms with Crippen LogP contribution in [0.1, 0.15) is 27.2 Å². The number of rotatable bonds is 8. The Balaban J connectivity index is 4.76. The van der Waals surface area contributed by atoms with Crippen molar-refractivity contribution in [2.75, 3.05) is 18.6 Å². The predicted molar refractivity (Wildman–Crippen MR) is 71.1 cm³/mol. The number of hydrazine groups is 1. The van der Waals surface area contributed by atoms with Crippen molar-refractivity contribution in [3.8, 4) is 0 Å². The van der Waals surface area contributed by atoms with Crippen LogP contribution in [0.3, 0.4) is 0 Å². The van der Waals surface area contributed by atoms with E-state index in [1.165, 1.54) is 6.92 Å². The standard InChI is InChI=1S/C11H22N2O5S/c1-8(2)7-10(11(15)16)13(9(3)14)12-5-6-19(4,17)18/h8,10,12H,5-7H2,1-4H3,(H,15,16)/t10-/m0/s1. The summed E-state index contributed by atoms with van der Waals surface area (Å²) in [6, 6.07) is -1.00. The zero-order valence-electron chi connectivity index (χ0n) is 11.7. The first-order valence-electron chi connectivity index (χ1n) is 5.98. The lowest BCUT2D eigenvalue weighted by atomic mass is 10.0. The van der Waals surface area contributed by atoms with Crippen molar-refractivity contribution in [2.24, 2.45) is 5.92 Å². The van der Waals surface area contributed by atoms with Gasteiger partial charge >= 0.3 is 5.97 Å². The van der Waals surface area contributed by atoms with Crippen LogP contribution in [0.4, 0.5) is 0 Å². The van der Waals surface area contributed by atoms with Crippen LogP contribution in [0.15, 0.2) is 0 Å². The molecule has 0 bridgehead atoms. The van der Waals surface area contributed by atoms with E-state index >= 15 is 0 Å². The lowest BCUT2D eigenvalue weighted by Gasteiger charge is -2.29. The molecule has 112 valence electrons. The molecule has 19 heavy (non-hydrogen) atoms. The third-order valence-corrected chi connectivity index (χ3v) is 3.33. The second kappa shape index (κ2) is 7.44. The van der Waals surface area contributed by atoms with Crippen LogP contribution >= 0.6 is 0 Å². The summed E-state index contributed by atoms with van der Waals surface area (Å²) in [4.78, 5) is 22.7. The normalized spacial score (nSPS) is 13.3. The van der Waals surface area contributed by atoms with Gasteiger partial charge in [-0.1, -0.05) is 13.8 Å². The molecule has 2 N–H and O–H groups in total. The van der Waals surface area contributed by atoms with Crippen molar-refractivity contribution in [3.05, 3.63) is 0 Å². The van der Waals surface area contributed by atoms with E-state index in [9.17, 15) is 18.0 Å². The summed E-state index contributed by atoms with van der Waals surface area (Å²) in [7, 11) is -3.16. The van der Waals surface area contributed by atoms with Crippen LogP contribution in [0.2, 0.25) is 0 Å².